The summed E-state index contributed by atoms with van der Waals surface area (Å²) in [5, 5.41) is 52.1. The Morgan fingerprint density at radius 2 is 1.48 bits per heavy atom. The molecule has 4 N–H and O–H groups in total. The number of aliphatic hydroxyl groups excluding tert-OH is 3. The SMILES string of the molecule is CC[C@@H]1C(=O)[C@H](C)[C@@H](O[C@H]2C[C@@](C)(OC)[C@@H](O)[C@H](C)O2)[C@H](C)[C@@H](O[C@H]2O[C@H](C)C[C@H](N(C)C)[C@H]2O)[C@](C)(OC)C[C@@H](C)/C(=N\OC2Sc3ccccc3S2)[C@H](C)[C@@H](O)C[C@]1(C)O. The van der Waals surface area contributed by atoms with Gasteiger partial charge in [-0.05, 0) is 80.1 Å². The van der Waals surface area contributed by atoms with E-state index in [0.717, 1.165) is 9.79 Å². The molecule has 354 valence electrons. The number of carbonyl (C=O) groups is 1. The van der Waals surface area contributed by atoms with Gasteiger partial charge in [-0.25, -0.2) is 0 Å². The Morgan fingerprint density at radius 3 is 2.05 bits per heavy atom. The van der Waals surface area contributed by atoms with Gasteiger partial charge in [0, 0.05) is 72.5 Å². The van der Waals surface area contributed by atoms with Gasteiger partial charge in [0.1, 0.15) is 18.0 Å². The second-order valence-electron chi connectivity index (χ2n) is 19.3. The van der Waals surface area contributed by atoms with Gasteiger partial charge in [-0.3, -0.25) is 4.79 Å². The number of ether oxygens (including phenoxy) is 6. The van der Waals surface area contributed by atoms with Gasteiger partial charge in [-0.15, -0.1) is 0 Å². The zero-order chi connectivity index (χ0) is 46.1. The summed E-state index contributed by atoms with van der Waals surface area (Å²) in [5.41, 5.74) is -3.22. The van der Waals surface area contributed by atoms with Crippen LogP contribution in [0, 0.1) is 29.6 Å². The smallest absolute Gasteiger partial charge is 0.227 e. The van der Waals surface area contributed by atoms with Crippen LogP contribution in [0.1, 0.15) is 101 Å². The summed E-state index contributed by atoms with van der Waals surface area (Å²) >= 11 is 3.13. The quantitative estimate of drug-likeness (QED) is 0.198. The van der Waals surface area contributed by atoms with Crippen LogP contribution >= 0.6 is 23.5 Å². The summed E-state index contributed by atoms with van der Waals surface area (Å²) in [6.07, 6.45) is -6.53. The number of methoxy groups -OCH3 is 2. The average molecular weight is 913 g/mol. The monoisotopic (exact) mass is 912 g/mol. The van der Waals surface area contributed by atoms with Gasteiger partial charge in [0.25, 0.3) is 0 Å². The van der Waals surface area contributed by atoms with Gasteiger partial charge in [0.05, 0.1) is 53.0 Å². The zero-order valence-corrected chi connectivity index (χ0v) is 41.0. The number of fused-ring (bicyclic) bond motifs is 1. The van der Waals surface area contributed by atoms with E-state index in [9.17, 15) is 20.4 Å². The number of thioether (sulfide) groups is 2. The maximum atomic E-state index is 15.0. The second-order valence-corrected chi connectivity index (χ2v) is 21.8. The number of hydrogen-bond acceptors (Lipinski definition) is 16. The summed E-state index contributed by atoms with van der Waals surface area (Å²) in [6.45, 7) is 18.5. The summed E-state index contributed by atoms with van der Waals surface area (Å²) in [5.74, 6) is -3.62. The standard InChI is InChI=1S/C46H76N2O12S2/c1-15-30-37(50)27(5)39(58-35-23-45(9,54-13)40(52)29(7)57-35)28(6)41(59-42-38(51)31(48(11)12)20-25(3)56-42)46(10,55-14)21-24(2)36(26(4)32(49)22-44(30,8)53)47-60-43-61-33-18-16-17-19-34(33)62-43/h16-19,24-32,35,38-43,49,51-53H,15,20-23H2,1-14H3/b47-36+/t24-,25-,26-,27+,28+,29+,30-,31+,32+,35+,38-,39-,40+,41-,42-,44+,45-,46-/m1/s1. The van der Waals surface area contributed by atoms with E-state index in [0.29, 0.717) is 25.0 Å². The molecule has 14 nitrogen and oxygen atoms in total. The van der Waals surface area contributed by atoms with E-state index in [1.807, 2.05) is 84.8 Å². The van der Waals surface area contributed by atoms with Crippen molar-refractivity contribution in [2.75, 3.05) is 28.3 Å². The molecule has 0 spiro atoms. The van der Waals surface area contributed by atoms with Crippen molar-refractivity contribution in [2.45, 2.75) is 194 Å². The van der Waals surface area contributed by atoms with Crippen molar-refractivity contribution in [2.24, 2.45) is 34.7 Å². The van der Waals surface area contributed by atoms with Crippen molar-refractivity contribution in [3.8, 4) is 0 Å². The predicted molar refractivity (Wildman–Crippen MR) is 240 cm³/mol. The molecule has 4 aliphatic rings. The maximum absolute atomic E-state index is 15.0. The lowest BCUT2D eigenvalue weighted by molar-refractivity contribution is -0.318. The molecule has 1 aromatic rings. The number of carbonyl (C=O) groups excluding carboxylic acids is 1. The fraction of sp³-hybridized carbons (Fsp3) is 0.826. The van der Waals surface area contributed by atoms with E-state index < -0.39 is 89.7 Å². The van der Waals surface area contributed by atoms with Crippen LogP contribution < -0.4 is 0 Å². The molecule has 1 aromatic carbocycles. The van der Waals surface area contributed by atoms with Crippen LogP contribution in [0.3, 0.4) is 0 Å². The van der Waals surface area contributed by atoms with E-state index >= 15 is 4.79 Å². The Kier molecular flexibility index (Phi) is 17.5. The lowest BCUT2D eigenvalue weighted by Gasteiger charge is -2.50. The van der Waals surface area contributed by atoms with Crippen molar-refractivity contribution >= 4 is 35.0 Å². The third kappa shape index (κ3) is 11.2. The van der Waals surface area contributed by atoms with Crippen molar-refractivity contribution in [3.63, 3.8) is 0 Å². The molecular formula is C46H76N2O12S2. The molecule has 1 saturated carbocycles. The highest BCUT2D eigenvalue weighted by Gasteiger charge is 2.53. The fourth-order valence-electron chi connectivity index (χ4n) is 10.3. The van der Waals surface area contributed by atoms with Crippen LogP contribution in [0.2, 0.25) is 0 Å². The molecule has 2 saturated heterocycles. The van der Waals surface area contributed by atoms with E-state index in [-0.39, 0.29) is 41.5 Å². The maximum Gasteiger partial charge on any atom is 0.227 e. The van der Waals surface area contributed by atoms with E-state index in [2.05, 4.69) is 0 Å². The number of aliphatic hydroxyl groups is 4. The third-order valence-corrected chi connectivity index (χ3v) is 16.8. The first kappa shape index (κ1) is 51.6. The Hall–Kier alpha value is -1.38. The minimum absolute atomic E-state index is 0.0981. The van der Waals surface area contributed by atoms with Crippen LogP contribution in [-0.4, -0.2) is 148 Å². The number of likely N-dealkylation sites (N-methyl/N-ethyl adjacent to an activating group) is 1. The van der Waals surface area contributed by atoms with E-state index in [1.54, 1.807) is 58.3 Å². The number of rotatable bonds is 10. The summed E-state index contributed by atoms with van der Waals surface area (Å²) in [6, 6.07) is 7.81. The number of oxime groups is 1. The average Bonchev–Trinajstić information content (AvgIpc) is 3.64. The van der Waals surface area contributed by atoms with Crippen molar-refractivity contribution in [1.29, 1.82) is 0 Å². The van der Waals surface area contributed by atoms with Crippen LogP contribution in [0.4, 0.5) is 0 Å². The first-order chi connectivity index (χ1) is 29.0. The number of hydrogen-bond donors (Lipinski definition) is 4. The topological polar surface area (TPSA) is 178 Å². The fourth-order valence-corrected chi connectivity index (χ4v) is 12.7. The van der Waals surface area contributed by atoms with Gasteiger partial charge >= 0.3 is 0 Å². The van der Waals surface area contributed by atoms with E-state index in [4.69, 9.17) is 38.4 Å². The van der Waals surface area contributed by atoms with Crippen LogP contribution in [0.5, 0.6) is 0 Å². The number of Topliss-reactive ketones (excluding diaryl/α,β-unsaturated/α-hetero) is 1. The first-order valence-electron chi connectivity index (χ1n) is 22.3. The molecule has 18 atom stereocenters. The minimum Gasteiger partial charge on any atom is -0.392 e. The van der Waals surface area contributed by atoms with Crippen molar-refractivity contribution < 1.29 is 58.5 Å². The van der Waals surface area contributed by atoms with Gasteiger partial charge in [-0.2, -0.15) is 0 Å². The number of ketones is 1. The Balaban J connectivity index is 1.64. The largest absolute Gasteiger partial charge is 0.392 e. The number of nitrogens with zero attached hydrogens (tertiary/aromatic N) is 2. The molecule has 3 heterocycles. The highest BCUT2D eigenvalue weighted by Crippen LogP contribution is 2.49. The van der Waals surface area contributed by atoms with Crippen LogP contribution in [0.15, 0.2) is 39.2 Å². The number of benzene rings is 1. The molecule has 0 amide bonds. The molecular weight excluding hydrogens is 837 g/mol. The van der Waals surface area contributed by atoms with Crippen molar-refractivity contribution in [1.82, 2.24) is 4.90 Å². The highest BCUT2D eigenvalue weighted by atomic mass is 32.2. The molecule has 0 aromatic heterocycles. The van der Waals surface area contributed by atoms with E-state index in [1.165, 1.54) is 7.11 Å². The van der Waals surface area contributed by atoms with Crippen molar-refractivity contribution in [3.05, 3.63) is 24.3 Å². The van der Waals surface area contributed by atoms with Crippen LogP contribution in [0.25, 0.3) is 0 Å². The predicted octanol–water partition coefficient (Wildman–Crippen LogP) is 6.09. The lowest BCUT2D eigenvalue weighted by atomic mass is 9.69. The van der Waals surface area contributed by atoms with Gasteiger partial charge in [0.15, 0.2) is 12.6 Å². The van der Waals surface area contributed by atoms with Crippen LogP contribution in [-0.2, 0) is 38.1 Å². The lowest BCUT2D eigenvalue weighted by Crippen LogP contribution is -2.61. The van der Waals surface area contributed by atoms with Gasteiger partial charge in [0.2, 0.25) is 4.77 Å². The molecule has 62 heavy (non-hydrogen) atoms. The second kappa shape index (κ2) is 21.1. The molecule has 5 rings (SSSR count). The summed E-state index contributed by atoms with van der Waals surface area (Å²) < 4.78 is 38.8. The highest BCUT2D eigenvalue weighted by molar-refractivity contribution is 8.19. The summed E-state index contributed by atoms with van der Waals surface area (Å²) in [4.78, 5) is 25.5. The molecule has 0 bridgehead atoms. The Bertz CT molecular complexity index is 1650. The normalized spacial score (nSPS) is 44.9. The molecule has 3 fully saturated rings. The molecule has 0 radical (unpaired) electrons. The van der Waals surface area contributed by atoms with Gasteiger partial charge in [-0.1, -0.05) is 75.4 Å². The molecule has 16 heteroatoms. The molecule has 3 aliphatic heterocycles. The summed E-state index contributed by atoms with van der Waals surface area (Å²) in [7, 11) is 6.99. The minimum atomic E-state index is -1.62. The molecule has 1 aliphatic carbocycles. The zero-order valence-electron chi connectivity index (χ0n) is 39.3. The van der Waals surface area contributed by atoms with Gasteiger partial charge < -0.3 is 58.6 Å². The third-order valence-electron chi connectivity index (χ3n) is 14.3. The Morgan fingerprint density at radius 1 is 0.871 bits per heavy atom. The Labute approximate surface area is 378 Å². The first-order valence-corrected chi connectivity index (χ1v) is 24.1. The molecule has 0 unspecified atom stereocenters.